The van der Waals surface area contributed by atoms with Crippen molar-refractivity contribution in [3.63, 3.8) is 0 Å². The third-order valence-corrected chi connectivity index (χ3v) is 13.9. The van der Waals surface area contributed by atoms with Crippen LogP contribution in [0.1, 0.15) is 93.4 Å². The van der Waals surface area contributed by atoms with Crippen molar-refractivity contribution in [2.45, 2.75) is 123 Å². The van der Waals surface area contributed by atoms with Gasteiger partial charge >= 0.3 is 0 Å². The predicted octanol–water partition coefficient (Wildman–Crippen LogP) is 7.68. The predicted molar refractivity (Wildman–Crippen MR) is 129 cm³/mol. The summed E-state index contributed by atoms with van der Waals surface area (Å²) in [6, 6.07) is 3.43. The lowest BCUT2D eigenvalue weighted by Crippen LogP contribution is -2.45. The molecular formula is C26H49FO2Si. The van der Waals surface area contributed by atoms with E-state index in [9.17, 15) is 5.11 Å². The molecule has 1 N–H and O–H groups in total. The minimum Gasteiger partial charge on any atom is -0.412 e. The maximum atomic E-state index is 15.5. The van der Waals surface area contributed by atoms with Crippen molar-refractivity contribution >= 4 is 8.32 Å². The highest BCUT2D eigenvalue weighted by Crippen LogP contribution is 2.60. The van der Waals surface area contributed by atoms with Crippen molar-refractivity contribution in [1.29, 1.82) is 0 Å². The molecule has 0 aromatic heterocycles. The fourth-order valence-corrected chi connectivity index (χ4v) is 10.1. The lowest BCUT2D eigenvalue weighted by atomic mass is 9.60. The summed E-state index contributed by atoms with van der Waals surface area (Å²) in [5.74, 6) is 1.08. The van der Waals surface area contributed by atoms with Gasteiger partial charge in [0.15, 0.2) is 8.32 Å². The Kier molecular flexibility index (Phi) is 9.22. The van der Waals surface area contributed by atoms with E-state index in [4.69, 9.17) is 4.43 Å². The zero-order chi connectivity index (χ0) is 22.6. The molecule has 2 nitrogen and oxygen atoms in total. The normalized spacial score (nSPS) is 31.0. The highest BCUT2D eigenvalue weighted by Gasteiger charge is 2.52. The molecule has 0 radical (unpaired) electrons. The van der Waals surface area contributed by atoms with E-state index in [-0.39, 0.29) is 23.5 Å². The van der Waals surface area contributed by atoms with Crippen LogP contribution in [0, 0.1) is 23.2 Å². The average Bonchev–Trinajstić information content (AvgIpc) is 3.08. The van der Waals surface area contributed by atoms with Crippen LogP contribution in [0.4, 0.5) is 4.39 Å². The van der Waals surface area contributed by atoms with Gasteiger partial charge in [0.05, 0.1) is 12.2 Å². The van der Waals surface area contributed by atoms with Crippen molar-refractivity contribution in [2.75, 3.05) is 6.61 Å². The highest BCUT2D eigenvalue weighted by molar-refractivity contribution is 6.73. The van der Waals surface area contributed by atoms with Gasteiger partial charge in [-0.3, -0.25) is 0 Å². The second kappa shape index (κ2) is 10.6. The average molecular weight is 441 g/mol. The Labute approximate surface area is 187 Å². The van der Waals surface area contributed by atoms with E-state index in [0.717, 1.165) is 43.8 Å². The van der Waals surface area contributed by atoms with E-state index in [1.807, 2.05) is 6.08 Å². The van der Waals surface area contributed by atoms with Gasteiger partial charge in [-0.25, -0.2) is 4.39 Å². The molecule has 0 aromatic rings. The van der Waals surface area contributed by atoms with E-state index in [1.54, 1.807) is 0 Å². The number of allylic oxidation sites excluding steroid dienone is 1. The van der Waals surface area contributed by atoms with Crippen LogP contribution >= 0.6 is 0 Å². The van der Waals surface area contributed by atoms with Gasteiger partial charge in [-0.2, -0.15) is 0 Å². The molecule has 0 bridgehead atoms. The van der Waals surface area contributed by atoms with Crippen LogP contribution in [0.5, 0.6) is 0 Å². The van der Waals surface area contributed by atoms with Crippen LogP contribution in [0.25, 0.3) is 0 Å². The SMILES string of the molecule is CC[Si](CC)(CC)OC(C)(C)CC[C@H](F)[C@@H](C)[C@H]1CC[C@H]2C(=CCO)CCC[C@]12C. The molecule has 0 amide bonds. The Morgan fingerprint density at radius 3 is 2.43 bits per heavy atom. The van der Waals surface area contributed by atoms with Crippen LogP contribution in [0.15, 0.2) is 11.6 Å². The zero-order valence-corrected chi connectivity index (χ0v) is 21.9. The van der Waals surface area contributed by atoms with Gasteiger partial charge in [0, 0.05) is 0 Å². The molecule has 2 saturated carbocycles. The third kappa shape index (κ3) is 5.59. The van der Waals surface area contributed by atoms with E-state index in [2.05, 4.69) is 48.5 Å². The van der Waals surface area contributed by atoms with Gasteiger partial charge in [-0.15, -0.1) is 0 Å². The molecular weight excluding hydrogens is 391 g/mol. The van der Waals surface area contributed by atoms with Crippen molar-refractivity contribution in [3.05, 3.63) is 11.6 Å². The maximum absolute atomic E-state index is 15.5. The number of hydrogen-bond acceptors (Lipinski definition) is 2. The Balaban J connectivity index is 2.00. The van der Waals surface area contributed by atoms with Crippen molar-refractivity contribution in [2.24, 2.45) is 23.2 Å². The summed E-state index contributed by atoms with van der Waals surface area (Å²) in [5.41, 5.74) is 1.40. The Bertz CT molecular complexity index is 563. The fourth-order valence-electron chi connectivity index (χ4n) is 6.91. The topological polar surface area (TPSA) is 29.5 Å². The summed E-state index contributed by atoms with van der Waals surface area (Å²) in [5, 5.41) is 9.42. The minimum absolute atomic E-state index is 0.0924. The van der Waals surface area contributed by atoms with Crippen LogP contribution < -0.4 is 0 Å². The van der Waals surface area contributed by atoms with Crippen LogP contribution in [-0.2, 0) is 4.43 Å². The Morgan fingerprint density at radius 1 is 1.23 bits per heavy atom. The molecule has 0 spiro atoms. The summed E-state index contributed by atoms with van der Waals surface area (Å²) in [6.07, 6.45) is 8.46. The standard InChI is InChI=1S/C26H49FO2Si/c1-8-30(9-2,10-3)29-25(5,6)18-15-24(27)20(4)22-13-14-23-21(16-19-28)12-11-17-26(22,23)7/h16,20,22-24,28H,8-15,17-19H2,1-7H3/t20-,22+,23-,24-,26+/m0/s1. The smallest absolute Gasteiger partial charge is 0.192 e. The minimum atomic E-state index is -1.68. The number of alkyl halides is 1. The second-order valence-corrected chi connectivity index (χ2v) is 15.8. The number of hydrogen-bond donors (Lipinski definition) is 1. The first-order chi connectivity index (χ1) is 14.1. The molecule has 0 heterocycles. The summed E-state index contributed by atoms with van der Waals surface area (Å²) < 4.78 is 22.2. The van der Waals surface area contributed by atoms with Crippen molar-refractivity contribution in [3.8, 4) is 0 Å². The maximum Gasteiger partial charge on any atom is 0.192 e. The van der Waals surface area contributed by atoms with Gasteiger partial charge in [0.2, 0.25) is 0 Å². The lowest BCUT2D eigenvalue weighted by Gasteiger charge is -2.45. The monoisotopic (exact) mass is 440 g/mol. The number of fused-ring (bicyclic) bond motifs is 1. The molecule has 0 saturated heterocycles. The molecule has 0 aromatic carbocycles. The van der Waals surface area contributed by atoms with Crippen molar-refractivity contribution < 1.29 is 13.9 Å². The van der Waals surface area contributed by atoms with E-state index >= 15 is 4.39 Å². The van der Waals surface area contributed by atoms with E-state index in [1.165, 1.54) is 18.4 Å². The lowest BCUT2D eigenvalue weighted by molar-refractivity contribution is 0.0357. The molecule has 2 fully saturated rings. The van der Waals surface area contributed by atoms with Gasteiger partial charge in [-0.05, 0) is 100 Å². The highest BCUT2D eigenvalue weighted by atomic mass is 28.4. The fraction of sp³-hybridized carbons (Fsp3) is 0.923. The first kappa shape index (κ1) is 26.1. The molecule has 2 aliphatic rings. The molecule has 0 aliphatic heterocycles. The van der Waals surface area contributed by atoms with Crippen molar-refractivity contribution in [1.82, 2.24) is 0 Å². The molecule has 176 valence electrons. The Morgan fingerprint density at radius 2 is 1.87 bits per heavy atom. The first-order valence-corrected chi connectivity index (χ1v) is 15.2. The largest absolute Gasteiger partial charge is 0.412 e. The zero-order valence-electron chi connectivity index (χ0n) is 20.9. The van der Waals surface area contributed by atoms with Crippen LogP contribution in [0.3, 0.4) is 0 Å². The van der Waals surface area contributed by atoms with Gasteiger partial charge in [-0.1, -0.05) is 46.3 Å². The number of aliphatic hydroxyl groups excluding tert-OH is 1. The van der Waals surface area contributed by atoms with Gasteiger partial charge in [0.1, 0.15) is 6.17 Å². The van der Waals surface area contributed by atoms with Crippen LogP contribution in [-0.4, -0.2) is 31.8 Å². The summed E-state index contributed by atoms with van der Waals surface area (Å²) in [6.45, 7) is 15.8. The summed E-state index contributed by atoms with van der Waals surface area (Å²) in [7, 11) is -1.68. The number of halogens is 1. The molecule has 4 heteroatoms. The van der Waals surface area contributed by atoms with Crippen LogP contribution in [0.2, 0.25) is 18.1 Å². The molecule has 5 atom stereocenters. The molecule has 0 unspecified atom stereocenters. The summed E-state index contributed by atoms with van der Waals surface area (Å²) in [4.78, 5) is 0. The second-order valence-electron chi connectivity index (χ2n) is 11.1. The van der Waals surface area contributed by atoms with E-state index in [0.29, 0.717) is 18.3 Å². The van der Waals surface area contributed by atoms with Gasteiger partial charge < -0.3 is 9.53 Å². The molecule has 2 aliphatic carbocycles. The van der Waals surface area contributed by atoms with Gasteiger partial charge in [0.25, 0.3) is 0 Å². The molecule has 30 heavy (non-hydrogen) atoms. The molecule has 2 rings (SSSR count). The van der Waals surface area contributed by atoms with E-state index < -0.39 is 14.5 Å². The third-order valence-electron chi connectivity index (χ3n) is 9.04. The quantitative estimate of drug-likeness (QED) is 0.264. The Hall–Kier alpha value is -0.193. The number of rotatable bonds is 11. The summed E-state index contributed by atoms with van der Waals surface area (Å²) >= 11 is 0. The number of aliphatic hydroxyl groups is 1. The first-order valence-electron chi connectivity index (χ1n) is 12.7.